The zero-order chi connectivity index (χ0) is 14.8. The summed E-state index contributed by atoms with van der Waals surface area (Å²) in [6, 6.07) is 17.0. The van der Waals surface area contributed by atoms with Crippen molar-refractivity contribution in [2.45, 2.75) is 0 Å². The third-order valence-electron chi connectivity index (χ3n) is 3.14. The smallest absolute Gasteiger partial charge is 0.342 e. The fourth-order valence-corrected chi connectivity index (χ4v) is 2.15. The Bertz CT molecular complexity index is 827. The van der Waals surface area contributed by atoms with E-state index in [0.717, 1.165) is 16.8 Å². The molecule has 0 radical (unpaired) electrons. The van der Waals surface area contributed by atoms with Crippen molar-refractivity contribution >= 4 is 16.7 Å². The SMILES string of the molecule is O=C(O)c1c(F)cccc1Oc1ccc2ccccc2c1. The lowest BCUT2D eigenvalue weighted by atomic mass is 10.1. The largest absolute Gasteiger partial charge is 0.477 e. The van der Waals surface area contributed by atoms with Gasteiger partial charge in [-0.25, -0.2) is 9.18 Å². The van der Waals surface area contributed by atoms with Gasteiger partial charge in [0.15, 0.2) is 0 Å². The summed E-state index contributed by atoms with van der Waals surface area (Å²) < 4.78 is 19.1. The van der Waals surface area contributed by atoms with Gasteiger partial charge in [-0.15, -0.1) is 0 Å². The van der Waals surface area contributed by atoms with Gasteiger partial charge in [0, 0.05) is 0 Å². The molecule has 0 unspecified atom stereocenters. The molecule has 0 saturated carbocycles. The highest BCUT2D eigenvalue weighted by molar-refractivity contribution is 5.91. The van der Waals surface area contributed by atoms with Gasteiger partial charge in [0.2, 0.25) is 0 Å². The van der Waals surface area contributed by atoms with Crippen LogP contribution in [0, 0.1) is 5.82 Å². The highest BCUT2D eigenvalue weighted by Crippen LogP contribution is 2.29. The van der Waals surface area contributed by atoms with Gasteiger partial charge in [-0.3, -0.25) is 0 Å². The molecule has 21 heavy (non-hydrogen) atoms. The normalized spacial score (nSPS) is 10.5. The fraction of sp³-hybridized carbons (Fsp3) is 0. The number of carboxylic acid groups (broad SMARTS) is 1. The lowest BCUT2D eigenvalue weighted by Gasteiger charge is -2.10. The predicted octanol–water partition coefficient (Wildman–Crippen LogP) is 4.47. The van der Waals surface area contributed by atoms with Gasteiger partial charge in [-0.05, 0) is 35.0 Å². The topological polar surface area (TPSA) is 46.5 Å². The van der Waals surface area contributed by atoms with E-state index >= 15 is 0 Å². The molecule has 0 bridgehead atoms. The Morgan fingerprint density at radius 2 is 1.71 bits per heavy atom. The van der Waals surface area contributed by atoms with Gasteiger partial charge in [0.1, 0.15) is 22.9 Å². The second-order valence-corrected chi connectivity index (χ2v) is 4.53. The first kappa shape index (κ1) is 13.1. The van der Waals surface area contributed by atoms with Crippen LogP contribution < -0.4 is 4.74 Å². The van der Waals surface area contributed by atoms with Crippen molar-refractivity contribution in [3.05, 3.63) is 72.0 Å². The Labute approximate surface area is 120 Å². The highest BCUT2D eigenvalue weighted by atomic mass is 19.1. The van der Waals surface area contributed by atoms with E-state index in [-0.39, 0.29) is 5.75 Å². The number of carbonyl (C=O) groups is 1. The average Bonchev–Trinajstić information content (AvgIpc) is 2.47. The Hall–Kier alpha value is -2.88. The molecule has 0 aromatic heterocycles. The van der Waals surface area contributed by atoms with Crippen LogP contribution in [0.1, 0.15) is 10.4 Å². The minimum Gasteiger partial charge on any atom is -0.477 e. The van der Waals surface area contributed by atoms with Crippen LogP contribution in [0.5, 0.6) is 11.5 Å². The van der Waals surface area contributed by atoms with Crippen molar-refractivity contribution in [1.29, 1.82) is 0 Å². The van der Waals surface area contributed by atoms with Crippen LogP contribution in [-0.4, -0.2) is 11.1 Å². The molecule has 0 heterocycles. The van der Waals surface area contributed by atoms with Crippen molar-refractivity contribution < 1.29 is 19.0 Å². The minimum absolute atomic E-state index is 0.0159. The number of aromatic carboxylic acids is 1. The summed E-state index contributed by atoms with van der Waals surface area (Å²) in [6.07, 6.45) is 0. The van der Waals surface area contributed by atoms with Gasteiger partial charge in [0.25, 0.3) is 0 Å². The molecule has 3 aromatic rings. The molecule has 0 spiro atoms. The van der Waals surface area contributed by atoms with Crippen LogP contribution in [0.15, 0.2) is 60.7 Å². The van der Waals surface area contributed by atoms with E-state index in [1.807, 2.05) is 30.3 Å². The molecule has 1 N–H and O–H groups in total. The number of ether oxygens (including phenoxy) is 1. The zero-order valence-electron chi connectivity index (χ0n) is 10.9. The number of rotatable bonds is 3. The van der Waals surface area contributed by atoms with Crippen LogP contribution in [0.2, 0.25) is 0 Å². The monoisotopic (exact) mass is 282 g/mol. The molecule has 3 aromatic carbocycles. The molecule has 0 atom stereocenters. The van der Waals surface area contributed by atoms with Crippen molar-refractivity contribution in [2.24, 2.45) is 0 Å². The van der Waals surface area contributed by atoms with E-state index in [1.54, 1.807) is 12.1 Å². The molecule has 104 valence electrons. The van der Waals surface area contributed by atoms with E-state index in [2.05, 4.69) is 0 Å². The molecular formula is C17H11FO3. The maximum atomic E-state index is 13.6. The van der Waals surface area contributed by atoms with E-state index in [9.17, 15) is 9.18 Å². The summed E-state index contributed by atoms with van der Waals surface area (Å²) >= 11 is 0. The van der Waals surface area contributed by atoms with Crippen molar-refractivity contribution in [3.8, 4) is 11.5 Å². The van der Waals surface area contributed by atoms with Crippen molar-refractivity contribution in [3.63, 3.8) is 0 Å². The molecule has 4 heteroatoms. The maximum absolute atomic E-state index is 13.6. The summed E-state index contributed by atoms with van der Waals surface area (Å²) in [5, 5.41) is 11.1. The first-order valence-corrected chi connectivity index (χ1v) is 6.33. The molecule has 0 aliphatic carbocycles. The van der Waals surface area contributed by atoms with E-state index < -0.39 is 17.3 Å². The first-order chi connectivity index (χ1) is 10.1. The number of halogens is 1. The van der Waals surface area contributed by atoms with Crippen LogP contribution in [0.3, 0.4) is 0 Å². The second kappa shape index (κ2) is 5.25. The Kier molecular flexibility index (Phi) is 3.28. The van der Waals surface area contributed by atoms with E-state index in [1.165, 1.54) is 12.1 Å². The van der Waals surface area contributed by atoms with Crippen molar-refractivity contribution in [2.75, 3.05) is 0 Å². The van der Waals surface area contributed by atoms with Gasteiger partial charge in [-0.1, -0.05) is 36.4 Å². The van der Waals surface area contributed by atoms with E-state index in [0.29, 0.717) is 5.75 Å². The molecule has 0 fully saturated rings. The minimum atomic E-state index is -1.36. The summed E-state index contributed by atoms with van der Waals surface area (Å²) in [6.45, 7) is 0. The molecule has 0 amide bonds. The number of fused-ring (bicyclic) bond motifs is 1. The standard InChI is InChI=1S/C17H11FO3/c18-14-6-3-7-15(16(14)17(19)20)21-13-9-8-11-4-1-2-5-12(11)10-13/h1-10H,(H,19,20). The molecule has 0 saturated heterocycles. The first-order valence-electron chi connectivity index (χ1n) is 6.33. The summed E-state index contributed by atoms with van der Waals surface area (Å²) in [5.41, 5.74) is -0.467. The van der Waals surface area contributed by atoms with Gasteiger partial charge in [0.05, 0.1) is 0 Å². The fourth-order valence-electron chi connectivity index (χ4n) is 2.15. The zero-order valence-corrected chi connectivity index (χ0v) is 10.9. The maximum Gasteiger partial charge on any atom is 0.342 e. The van der Waals surface area contributed by atoms with Crippen LogP contribution in [0.25, 0.3) is 10.8 Å². The van der Waals surface area contributed by atoms with Crippen LogP contribution in [0.4, 0.5) is 4.39 Å². The third-order valence-corrected chi connectivity index (χ3v) is 3.14. The Balaban J connectivity index is 2.02. The second-order valence-electron chi connectivity index (χ2n) is 4.53. The molecule has 3 nitrogen and oxygen atoms in total. The molecular weight excluding hydrogens is 271 g/mol. The van der Waals surface area contributed by atoms with Crippen LogP contribution >= 0.6 is 0 Å². The lowest BCUT2D eigenvalue weighted by molar-refractivity contribution is 0.0689. The summed E-state index contributed by atoms with van der Waals surface area (Å²) in [7, 11) is 0. The van der Waals surface area contributed by atoms with Crippen molar-refractivity contribution in [1.82, 2.24) is 0 Å². The number of carboxylic acids is 1. The van der Waals surface area contributed by atoms with Gasteiger partial charge in [-0.2, -0.15) is 0 Å². The lowest BCUT2D eigenvalue weighted by Crippen LogP contribution is -2.03. The number of hydrogen-bond acceptors (Lipinski definition) is 2. The molecule has 0 aliphatic heterocycles. The summed E-state index contributed by atoms with van der Waals surface area (Å²) in [4.78, 5) is 11.1. The molecule has 3 rings (SSSR count). The number of hydrogen-bond donors (Lipinski definition) is 1. The third kappa shape index (κ3) is 2.56. The Morgan fingerprint density at radius 1 is 0.952 bits per heavy atom. The Morgan fingerprint density at radius 3 is 2.48 bits per heavy atom. The van der Waals surface area contributed by atoms with E-state index in [4.69, 9.17) is 9.84 Å². The quantitative estimate of drug-likeness (QED) is 0.771. The average molecular weight is 282 g/mol. The highest BCUT2D eigenvalue weighted by Gasteiger charge is 2.17. The number of benzene rings is 3. The predicted molar refractivity (Wildman–Crippen MR) is 77.4 cm³/mol. The summed E-state index contributed by atoms with van der Waals surface area (Å²) in [5.74, 6) is -1.73. The van der Waals surface area contributed by atoms with Crippen LogP contribution in [-0.2, 0) is 0 Å². The molecule has 0 aliphatic rings. The van der Waals surface area contributed by atoms with Gasteiger partial charge < -0.3 is 9.84 Å². The van der Waals surface area contributed by atoms with Gasteiger partial charge >= 0.3 is 5.97 Å².